The van der Waals surface area contributed by atoms with Crippen LogP contribution in [-0.2, 0) is 14.3 Å². The van der Waals surface area contributed by atoms with Gasteiger partial charge in [0.05, 0.1) is 0 Å². The summed E-state index contributed by atoms with van der Waals surface area (Å²) in [6.45, 7) is 6.44. The van der Waals surface area contributed by atoms with Crippen molar-refractivity contribution >= 4 is 23.3 Å². The van der Waals surface area contributed by atoms with Crippen LogP contribution in [0.25, 0.3) is 0 Å². The predicted octanol–water partition coefficient (Wildman–Crippen LogP) is 3.46. The molecule has 0 saturated heterocycles. The summed E-state index contributed by atoms with van der Waals surface area (Å²) in [6, 6.07) is 12.2. The van der Waals surface area contributed by atoms with Crippen molar-refractivity contribution in [2.45, 2.75) is 33.8 Å². The summed E-state index contributed by atoms with van der Waals surface area (Å²) in [5.41, 5.74) is 2.87. The molecule has 2 aromatic rings. The molecule has 1 unspecified atom stereocenters. The van der Waals surface area contributed by atoms with Crippen molar-refractivity contribution in [2.75, 3.05) is 11.9 Å². The fourth-order valence-electron chi connectivity index (χ4n) is 2.34. The van der Waals surface area contributed by atoms with Crippen LogP contribution in [0.4, 0.5) is 5.69 Å². The van der Waals surface area contributed by atoms with E-state index in [0.717, 1.165) is 11.1 Å². The van der Waals surface area contributed by atoms with Gasteiger partial charge in [-0.15, -0.1) is 0 Å². The molecule has 0 aromatic heterocycles. The van der Waals surface area contributed by atoms with Gasteiger partial charge in [0.25, 0.3) is 5.91 Å². The first-order chi connectivity index (χ1) is 12.8. The summed E-state index contributed by atoms with van der Waals surface area (Å²) in [7, 11) is 0. The van der Waals surface area contributed by atoms with Crippen LogP contribution in [0.5, 0.6) is 5.75 Å². The molecule has 0 aliphatic heterocycles. The summed E-state index contributed by atoms with van der Waals surface area (Å²) in [5.74, 6) is -0.633. The zero-order valence-electron chi connectivity index (χ0n) is 15.9. The van der Waals surface area contributed by atoms with Crippen LogP contribution >= 0.6 is 0 Å². The first kappa shape index (κ1) is 20.2. The van der Waals surface area contributed by atoms with E-state index >= 15 is 0 Å². The van der Waals surface area contributed by atoms with Gasteiger partial charge < -0.3 is 14.8 Å². The summed E-state index contributed by atoms with van der Waals surface area (Å²) in [4.78, 5) is 35.5. The number of carbonyl (C=O) groups is 3. The van der Waals surface area contributed by atoms with Crippen molar-refractivity contribution in [3.63, 3.8) is 0 Å². The number of hydrogen-bond acceptors (Lipinski definition) is 5. The third-order valence-electron chi connectivity index (χ3n) is 3.90. The van der Waals surface area contributed by atoms with E-state index in [-0.39, 0.29) is 12.4 Å². The van der Waals surface area contributed by atoms with Crippen molar-refractivity contribution in [2.24, 2.45) is 0 Å². The molecule has 6 heteroatoms. The Bertz CT molecular complexity index is 859. The van der Waals surface area contributed by atoms with E-state index in [9.17, 15) is 14.4 Å². The monoisotopic (exact) mass is 369 g/mol. The highest BCUT2D eigenvalue weighted by atomic mass is 16.6. The van der Waals surface area contributed by atoms with Crippen molar-refractivity contribution in [1.82, 2.24) is 0 Å². The Balaban J connectivity index is 1.88. The second-order valence-electron chi connectivity index (χ2n) is 6.32. The molecule has 142 valence electrons. The van der Waals surface area contributed by atoms with Gasteiger partial charge in [0.1, 0.15) is 5.75 Å². The van der Waals surface area contributed by atoms with Gasteiger partial charge in [-0.05, 0) is 57.0 Å². The summed E-state index contributed by atoms with van der Waals surface area (Å²) in [6.07, 6.45) is -0.999. The van der Waals surface area contributed by atoms with E-state index in [1.54, 1.807) is 24.3 Å². The number of aryl methyl sites for hydroxylation is 2. The highest BCUT2D eigenvalue weighted by Crippen LogP contribution is 2.19. The average Bonchev–Trinajstić information content (AvgIpc) is 2.62. The normalized spacial score (nSPS) is 11.4. The van der Waals surface area contributed by atoms with Crippen LogP contribution in [0.3, 0.4) is 0 Å². The number of carbonyl (C=O) groups excluding carboxylic acids is 3. The number of esters is 1. The van der Waals surface area contributed by atoms with Gasteiger partial charge in [-0.2, -0.15) is 0 Å². The standard InChI is InChI=1S/C21H23NO5/c1-13-8-9-14(2)19(10-13)26-12-20(24)27-16(4)21(25)22-18-7-5-6-17(11-18)15(3)23/h5-11,16H,12H2,1-4H3,(H,22,25). The molecule has 1 N–H and O–H groups in total. The minimum Gasteiger partial charge on any atom is -0.482 e. The summed E-state index contributed by atoms with van der Waals surface area (Å²) >= 11 is 0. The van der Waals surface area contributed by atoms with Gasteiger partial charge in [0, 0.05) is 11.3 Å². The number of nitrogens with one attached hydrogen (secondary N) is 1. The molecule has 0 aliphatic carbocycles. The van der Waals surface area contributed by atoms with Crippen LogP contribution in [0, 0.1) is 13.8 Å². The van der Waals surface area contributed by atoms with Gasteiger partial charge in [0.15, 0.2) is 18.5 Å². The van der Waals surface area contributed by atoms with E-state index in [2.05, 4.69) is 5.32 Å². The summed E-state index contributed by atoms with van der Waals surface area (Å²) in [5, 5.41) is 2.62. The van der Waals surface area contributed by atoms with Gasteiger partial charge in [-0.25, -0.2) is 4.79 Å². The molecule has 0 bridgehead atoms. The highest BCUT2D eigenvalue weighted by Gasteiger charge is 2.19. The van der Waals surface area contributed by atoms with Crippen LogP contribution in [0.15, 0.2) is 42.5 Å². The minimum atomic E-state index is -0.999. The smallest absolute Gasteiger partial charge is 0.344 e. The van der Waals surface area contributed by atoms with Crippen LogP contribution < -0.4 is 10.1 Å². The van der Waals surface area contributed by atoms with Crippen molar-refractivity contribution < 1.29 is 23.9 Å². The maximum Gasteiger partial charge on any atom is 0.344 e. The first-order valence-corrected chi connectivity index (χ1v) is 8.57. The largest absolute Gasteiger partial charge is 0.482 e. The number of anilines is 1. The maximum absolute atomic E-state index is 12.2. The zero-order valence-corrected chi connectivity index (χ0v) is 15.9. The number of ether oxygens (including phenoxy) is 2. The molecule has 27 heavy (non-hydrogen) atoms. The Hall–Kier alpha value is -3.15. The molecule has 1 amide bonds. The fourth-order valence-corrected chi connectivity index (χ4v) is 2.34. The molecule has 0 fully saturated rings. The SMILES string of the molecule is CC(=O)c1cccc(NC(=O)C(C)OC(=O)COc2cc(C)ccc2C)c1. The number of ketones is 1. The molecule has 2 rings (SSSR count). The molecule has 0 aliphatic rings. The molecule has 1 atom stereocenters. The predicted molar refractivity (Wildman–Crippen MR) is 102 cm³/mol. The van der Waals surface area contributed by atoms with Crippen molar-refractivity contribution in [3.8, 4) is 5.75 Å². The number of rotatable bonds is 7. The van der Waals surface area contributed by atoms with Crippen LogP contribution in [0.1, 0.15) is 35.3 Å². The molecule has 2 aromatic carbocycles. The van der Waals surface area contributed by atoms with Crippen LogP contribution in [0.2, 0.25) is 0 Å². The highest BCUT2D eigenvalue weighted by molar-refractivity contribution is 5.98. The van der Waals surface area contributed by atoms with E-state index in [4.69, 9.17) is 9.47 Å². The lowest BCUT2D eigenvalue weighted by molar-refractivity contribution is -0.155. The fraction of sp³-hybridized carbons (Fsp3) is 0.286. The van der Waals surface area contributed by atoms with E-state index in [1.807, 2.05) is 32.0 Å². The minimum absolute atomic E-state index is 0.103. The molecule has 0 radical (unpaired) electrons. The maximum atomic E-state index is 12.2. The van der Waals surface area contributed by atoms with Gasteiger partial charge in [-0.1, -0.05) is 24.3 Å². The van der Waals surface area contributed by atoms with Gasteiger partial charge in [0.2, 0.25) is 0 Å². The van der Waals surface area contributed by atoms with E-state index in [1.165, 1.54) is 13.8 Å². The Kier molecular flexibility index (Phi) is 6.71. The van der Waals surface area contributed by atoms with Crippen molar-refractivity contribution in [3.05, 3.63) is 59.2 Å². The third kappa shape index (κ3) is 5.95. The summed E-state index contributed by atoms with van der Waals surface area (Å²) < 4.78 is 10.6. The van der Waals surface area contributed by atoms with E-state index in [0.29, 0.717) is 17.0 Å². The lowest BCUT2D eigenvalue weighted by Gasteiger charge is -2.15. The number of Topliss-reactive ketones (excluding diaryl/α,β-unsaturated/α-hetero) is 1. The second-order valence-corrected chi connectivity index (χ2v) is 6.32. The Labute approximate surface area is 158 Å². The number of hydrogen-bond donors (Lipinski definition) is 1. The third-order valence-corrected chi connectivity index (χ3v) is 3.90. The van der Waals surface area contributed by atoms with Gasteiger partial charge >= 0.3 is 5.97 Å². The van der Waals surface area contributed by atoms with E-state index < -0.39 is 18.0 Å². The Morgan fingerprint density at radius 1 is 1.07 bits per heavy atom. The molecule has 0 heterocycles. The first-order valence-electron chi connectivity index (χ1n) is 8.57. The van der Waals surface area contributed by atoms with Crippen LogP contribution in [-0.4, -0.2) is 30.4 Å². The van der Waals surface area contributed by atoms with Crippen molar-refractivity contribution in [1.29, 1.82) is 0 Å². The topological polar surface area (TPSA) is 81.7 Å². The Morgan fingerprint density at radius 3 is 2.52 bits per heavy atom. The average molecular weight is 369 g/mol. The lowest BCUT2D eigenvalue weighted by atomic mass is 10.1. The number of amides is 1. The zero-order chi connectivity index (χ0) is 20.0. The molecular formula is C21H23NO5. The molecule has 6 nitrogen and oxygen atoms in total. The Morgan fingerprint density at radius 2 is 1.81 bits per heavy atom. The molecular weight excluding hydrogens is 346 g/mol. The lowest BCUT2D eigenvalue weighted by Crippen LogP contribution is -2.31. The quantitative estimate of drug-likeness (QED) is 0.597. The molecule has 0 spiro atoms. The van der Waals surface area contributed by atoms with Gasteiger partial charge in [-0.3, -0.25) is 9.59 Å². The number of benzene rings is 2. The molecule has 0 saturated carbocycles. The second kappa shape index (κ2) is 8.98.